The molecule has 0 bridgehead atoms. The Bertz CT molecular complexity index is 1590. The van der Waals surface area contributed by atoms with Crippen molar-refractivity contribution in [2.75, 3.05) is 64.2 Å². The minimum absolute atomic E-state index is 0.00854. The van der Waals surface area contributed by atoms with Crippen LogP contribution in [0, 0.1) is 11.3 Å². The number of ketones is 1. The Kier molecular flexibility index (Phi) is 9.31. The Balaban J connectivity index is 1.27. The first kappa shape index (κ1) is 32.0. The number of hydrogen-bond donors (Lipinski definition) is 2. The maximum Gasteiger partial charge on any atom is 0.246 e. The first-order valence-electron chi connectivity index (χ1n) is 16.0. The van der Waals surface area contributed by atoms with E-state index in [1.54, 1.807) is 19.3 Å². The van der Waals surface area contributed by atoms with Gasteiger partial charge in [0, 0.05) is 61.8 Å². The SMILES string of the molecule is COC/C=C/C(=O)N1CCN(c2cc(OCC3CCCN3C)nc(/C(N)=C/C(=O)C3CCCc4sc(N)c(C#N)c43)n2)CC12CC2. The molecule has 3 fully saturated rings. The van der Waals surface area contributed by atoms with Gasteiger partial charge in [0.25, 0.3) is 0 Å². The molecule has 0 radical (unpaired) electrons. The Morgan fingerprint density at radius 3 is 2.76 bits per heavy atom. The number of piperazine rings is 1. The van der Waals surface area contributed by atoms with Gasteiger partial charge >= 0.3 is 0 Å². The summed E-state index contributed by atoms with van der Waals surface area (Å²) in [5, 5.41) is 10.2. The molecule has 244 valence electrons. The standard InChI is InChI=1S/C33H42N8O4S/c1-39-12-4-6-21(39)19-45-28-17-27(40-13-14-41(33(20-40)10-11-33)29(43)9-5-15-44-2)37-32(38-28)24(35)16-25(42)22-7-3-8-26-30(22)23(18-34)31(36)46-26/h5,9,16-17,21-22H,3-4,6-8,10-15,19-20,35-36H2,1-2H3/b9-5+,24-16-. The minimum Gasteiger partial charge on any atom is -0.476 e. The van der Waals surface area contributed by atoms with Crippen molar-refractivity contribution < 1.29 is 19.1 Å². The molecule has 2 aromatic rings. The van der Waals surface area contributed by atoms with Gasteiger partial charge in [-0.1, -0.05) is 6.08 Å². The molecule has 1 amide bonds. The zero-order valence-electron chi connectivity index (χ0n) is 26.5. The summed E-state index contributed by atoms with van der Waals surface area (Å²) in [6, 6.07) is 4.32. The average Bonchev–Trinajstić information content (AvgIpc) is 3.54. The lowest BCUT2D eigenvalue weighted by molar-refractivity contribution is -0.129. The van der Waals surface area contributed by atoms with E-state index in [1.165, 1.54) is 17.4 Å². The van der Waals surface area contributed by atoms with E-state index in [0.717, 1.165) is 55.5 Å². The molecule has 1 saturated carbocycles. The van der Waals surface area contributed by atoms with Crippen LogP contribution in [0.2, 0.25) is 0 Å². The van der Waals surface area contributed by atoms with Crippen LogP contribution < -0.4 is 21.1 Å². The van der Waals surface area contributed by atoms with Gasteiger partial charge in [-0.2, -0.15) is 10.2 Å². The number of ether oxygens (including phenoxy) is 2. The summed E-state index contributed by atoms with van der Waals surface area (Å²) in [6.45, 7) is 3.67. The number of carbonyl (C=O) groups excluding carboxylic acids is 2. The highest BCUT2D eigenvalue weighted by Crippen LogP contribution is 2.45. The highest BCUT2D eigenvalue weighted by atomic mass is 32.1. The van der Waals surface area contributed by atoms with E-state index >= 15 is 0 Å². The summed E-state index contributed by atoms with van der Waals surface area (Å²) in [5.74, 6) is 0.572. The van der Waals surface area contributed by atoms with Gasteiger partial charge in [-0.05, 0) is 64.1 Å². The first-order chi connectivity index (χ1) is 22.2. The van der Waals surface area contributed by atoms with Gasteiger partial charge < -0.3 is 35.6 Å². The number of rotatable bonds is 10. The number of nitrogen functional groups attached to an aromatic ring is 1. The zero-order valence-corrected chi connectivity index (χ0v) is 27.4. The summed E-state index contributed by atoms with van der Waals surface area (Å²) in [7, 11) is 3.70. The van der Waals surface area contributed by atoms with Gasteiger partial charge in [0.2, 0.25) is 11.8 Å². The molecule has 2 aliphatic carbocycles. The predicted octanol–water partition coefficient (Wildman–Crippen LogP) is 2.84. The van der Waals surface area contributed by atoms with Crippen molar-refractivity contribution in [3.8, 4) is 11.9 Å². The second-order valence-corrected chi connectivity index (χ2v) is 13.8. The molecule has 6 rings (SSSR count). The monoisotopic (exact) mass is 646 g/mol. The van der Waals surface area contributed by atoms with Crippen molar-refractivity contribution in [2.45, 2.75) is 62.4 Å². The fourth-order valence-electron chi connectivity index (χ4n) is 6.97. The van der Waals surface area contributed by atoms with Crippen molar-refractivity contribution in [2.24, 2.45) is 5.73 Å². The van der Waals surface area contributed by atoms with Crippen molar-refractivity contribution in [3.05, 3.63) is 46.1 Å². The van der Waals surface area contributed by atoms with Crippen molar-refractivity contribution in [1.29, 1.82) is 5.26 Å². The highest BCUT2D eigenvalue weighted by Gasteiger charge is 2.53. The lowest BCUT2D eigenvalue weighted by Crippen LogP contribution is -2.57. The molecule has 0 aromatic carbocycles. The molecule has 4 N–H and O–H groups in total. The number of fused-ring (bicyclic) bond motifs is 1. The molecule has 2 atom stereocenters. The van der Waals surface area contributed by atoms with Crippen molar-refractivity contribution in [3.63, 3.8) is 0 Å². The number of anilines is 2. The van der Waals surface area contributed by atoms with Crippen LogP contribution in [-0.4, -0.2) is 96.6 Å². The van der Waals surface area contributed by atoms with Gasteiger partial charge in [-0.3, -0.25) is 9.59 Å². The van der Waals surface area contributed by atoms with Crippen LogP contribution in [0.15, 0.2) is 24.3 Å². The number of nitrogens with zero attached hydrogens (tertiary/aromatic N) is 6. The molecule has 13 heteroatoms. The number of likely N-dealkylation sites (N-methyl/N-ethyl adjacent to an activating group) is 1. The van der Waals surface area contributed by atoms with Crippen molar-refractivity contribution in [1.82, 2.24) is 19.8 Å². The van der Waals surface area contributed by atoms with Crippen LogP contribution in [0.5, 0.6) is 5.88 Å². The van der Waals surface area contributed by atoms with Crippen molar-refractivity contribution >= 4 is 39.5 Å². The van der Waals surface area contributed by atoms with Crippen LogP contribution in [-0.2, 0) is 20.7 Å². The maximum atomic E-state index is 13.7. The molecular weight excluding hydrogens is 604 g/mol. The molecule has 1 spiro atoms. The summed E-state index contributed by atoms with van der Waals surface area (Å²) in [4.78, 5) is 43.5. The zero-order chi connectivity index (χ0) is 32.4. The number of aryl methyl sites for hydroxylation is 1. The number of allylic oxidation sites excluding steroid dienone is 1. The normalized spacial score (nSPS) is 22.7. The predicted molar refractivity (Wildman–Crippen MR) is 176 cm³/mol. The number of aromatic nitrogens is 2. The fraction of sp³-hybridized carbons (Fsp3) is 0.545. The summed E-state index contributed by atoms with van der Waals surface area (Å²) >= 11 is 1.39. The molecule has 4 heterocycles. The van der Waals surface area contributed by atoms with Crippen LogP contribution in [0.3, 0.4) is 0 Å². The van der Waals surface area contributed by atoms with E-state index < -0.39 is 5.92 Å². The smallest absolute Gasteiger partial charge is 0.246 e. The van der Waals surface area contributed by atoms with Crippen LogP contribution in [0.4, 0.5) is 10.8 Å². The lowest BCUT2D eigenvalue weighted by Gasteiger charge is -2.42. The van der Waals surface area contributed by atoms with Crippen LogP contribution in [0.25, 0.3) is 5.70 Å². The average molecular weight is 647 g/mol. The van der Waals surface area contributed by atoms with Gasteiger partial charge in [-0.25, -0.2) is 4.98 Å². The number of likely N-dealkylation sites (tertiary alicyclic amines) is 1. The first-order valence-corrected chi connectivity index (χ1v) is 16.8. The quantitative estimate of drug-likeness (QED) is 0.365. The Labute approximate surface area is 273 Å². The molecule has 12 nitrogen and oxygen atoms in total. The van der Waals surface area contributed by atoms with E-state index in [2.05, 4.69) is 27.9 Å². The fourth-order valence-corrected chi connectivity index (χ4v) is 8.09. The second kappa shape index (κ2) is 13.4. The van der Waals surface area contributed by atoms with E-state index in [4.69, 9.17) is 25.9 Å². The van der Waals surface area contributed by atoms with E-state index in [1.807, 2.05) is 11.0 Å². The molecule has 2 aromatic heterocycles. The topological polar surface area (TPSA) is 164 Å². The minimum atomic E-state index is -0.486. The van der Waals surface area contributed by atoms with E-state index in [0.29, 0.717) is 67.6 Å². The number of nitrogens with two attached hydrogens (primary N) is 2. The lowest BCUT2D eigenvalue weighted by atomic mass is 9.82. The van der Waals surface area contributed by atoms with Gasteiger partial charge in [-0.15, -0.1) is 11.3 Å². The Morgan fingerprint density at radius 1 is 1.22 bits per heavy atom. The third-order valence-corrected chi connectivity index (χ3v) is 10.8. The highest BCUT2D eigenvalue weighted by molar-refractivity contribution is 7.16. The molecule has 2 saturated heterocycles. The number of thiophene rings is 1. The van der Waals surface area contributed by atoms with Gasteiger partial charge in [0.05, 0.1) is 23.4 Å². The largest absolute Gasteiger partial charge is 0.476 e. The summed E-state index contributed by atoms with van der Waals surface area (Å²) < 4.78 is 11.3. The number of carbonyl (C=O) groups is 2. The Morgan fingerprint density at radius 2 is 2.04 bits per heavy atom. The number of nitriles is 1. The van der Waals surface area contributed by atoms with Gasteiger partial charge in [0.15, 0.2) is 11.6 Å². The molecule has 46 heavy (non-hydrogen) atoms. The van der Waals surface area contributed by atoms with E-state index in [9.17, 15) is 14.9 Å². The number of hydrogen-bond acceptors (Lipinski definition) is 12. The van der Waals surface area contributed by atoms with Crippen LogP contribution >= 0.6 is 11.3 Å². The summed E-state index contributed by atoms with van der Waals surface area (Å²) in [6.07, 6.45) is 11.0. The number of methoxy groups -OCH3 is 1. The molecule has 4 aliphatic rings. The van der Waals surface area contributed by atoms with Crippen LogP contribution in [0.1, 0.15) is 66.3 Å². The van der Waals surface area contributed by atoms with E-state index in [-0.39, 0.29) is 28.8 Å². The van der Waals surface area contributed by atoms with Gasteiger partial charge in [0.1, 0.15) is 23.5 Å². The maximum absolute atomic E-state index is 13.7. The summed E-state index contributed by atoms with van der Waals surface area (Å²) in [5.41, 5.74) is 13.7. The molecule has 2 unspecified atom stereocenters. The molecular formula is C33H42N8O4S. The second-order valence-electron chi connectivity index (χ2n) is 12.7. The third kappa shape index (κ3) is 6.47. The Hall–Kier alpha value is -3.99. The number of amides is 1. The molecule has 2 aliphatic heterocycles. The third-order valence-electron chi connectivity index (χ3n) is 9.68.